The van der Waals surface area contributed by atoms with Crippen LogP contribution >= 0.6 is 0 Å². The second kappa shape index (κ2) is 6.10. The molecule has 124 valence electrons. The fraction of sp³-hybridized carbons (Fsp3) is 0.136. The van der Waals surface area contributed by atoms with E-state index in [1.54, 1.807) is 0 Å². The van der Waals surface area contributed by atoms with Crippen molar-refractivity contribution in [3.05, 3.63) is 89.5 Å². The van der Waals surface area contributed by atoms with E-state index >= 15 is 0 Å². The Morgan fingerprint density at radius 1 is 0.840 bits per heavy atom. The van der Waals surface area contributed by atoms with Gasteiger partial charge in [-0.25, -0.2) is 0 Å². The number of para-hydroxylation sites is 2. The summed E-state index contributed by atoms with van der Waals surface area (Å²) in [7, 11) is 2.12. The number of benzene rings is 3. The van der Waals surface area contributed by atoms with Gasteiger partial charge in [0.1, 0.15) is 0 Å². The fourth-order valence-electron chi connectivity index (χ4n) is 3.69. The number of carbonyl (C=O) groups is 1. The van der Waals surface area contributed by atoms with Crippen molar-refractivity contribution in [2.24, 2.45) is 0 Å². The summed E-state index contributed by atoms with van der Waals surface area (Å²) in [6, 6.07) is 25.3. The van der Waals surface area contributed by atoms with Gasteiger partial charge < -0.3 is 10.2 Å². The lowest BCUT2D eigenvalue weighted by Crippen LogP contribution is -2.22. The van der Waals surface area contributed by atoms with Gasteiger partial charge in [-0.2, -0.15) is 0 Å². The van der Waals surface area contributed by atoms with Gasteiger partial charge in [0.05, 0.1) is 0 Å². The Labute approximate surface area is 147 Å². The van der Waals surface area contributed by atoms with Crippen LogP contribution < -0.4 is 10.2 Å². The first-order valence-electron chi connectivity index (χ1n) is 8.44. The third-order valence-corrected chi connectivity index (χ3v) is 4.78. The Morgan fingerprint density at radius 3 is 1.88 bits per heavy atom. The topological polar surface area (TPSA) is 32.3 Å². The zero-order chi connectivity index (χ0) is 17.4. The molecule has 0 saturated heterocycles. The van der Waals surface area contributed by atoms with Crippen molar-refractivity contribution in [3.63, 3.8) is 0 Å². The number of carbonyl (C=O) groups excluding carboxylic acids is 1. The molecular weight excluding hydrogens is 308 g/mol. The molecule has 0 aromatic heterocycles. The number of nitrogens with zero attached hydrogens (tertiary/aromatic N) is 1. The van der Waals surface area contributed by atoms with E-state index in [0.717, 1.165) is 5.69 Å². The van der Waals surface area contributed by atoms with Crippen molar-refractivity contribution in [3.8, 4) is 0 Å². The zero-order valence-corrected chi connectivity index (χ0v) is 14.4. The molecule has 0 aliphatic carbocycles. The maximum absolute atomic E-state index is 11.2. The van der Waals surface area contributed by atoms with Crippen LogP contribution in [0.3, 0.4) is 0 Å². The van der Waals surface area contributed by atoms with Gasteiger partial charge in [-0.05, 0) is 41.0 Å². The summed E-state index contributed by atoms with van der Waals surface area (Å²) in [4.78, 5) is 13.5. The average Bonchev–Trinajstić information content (AvgIpc) is 2.63. The van der Waals surface area contributed by atoms with Crippen LogP contribution in [0.2, 0.25) is 0 Å². The predicted octanol–water partition coefficient (Wildman–Crippen LogP) is 4.91. The van der Waals surface area contributed by atoms with Crippen LogP contribution in [0.1, 0.15) is 29.5 Å². The number of rotatable bonds is 2. The molecule has 1 amide bonds. The van der Waals surface area contributed by atoms with Crippen LogP contribution in [0.25, 0.3) is 0 Å². The van der Waals surface area contributed by atoms with E-state index < -0.39 is 0 Å². The molecule has 1 N–H and O–H groups in total. The van der Waals surface area contributed by atoms with Gasteiger partial charge >= 0.3 is 0 Å². The number of nitrogens with one attached hydrogen (secondary N) is 1. The lowest BCUT2D eigenvalue weighted by Gasteiger charge is -2.35. The van der Waals surface area contributed by atoms with Gasteiger partial charge in [0, 0.05) is 37.0 Å². The third kappa shape index (κ3) is 2.68. The van der Waals surface area contributed by atoms with Crippen molar-refractivity contribution in [2.75, 3.05) is 17.3 Å². The van der Waals surface area contributed by atoms with E-state index in [4.69, 9.17) is 0 Å². The van der Waals surface area contributed by atoms with Crippen LogP contribution in [0.5, 0.6) is 0 Å². The number of hydrogen-bond donors (Lipinski definition) is 1. The molecule has 0 radical (unpaired) electrons. The van der Waals surface area contributed by atoms with Crippen molar-refractivity contribution in [2.45, 2.75) is 12.8 Å². The second-order valence-electron chi connectivity index (χ2n) is 6.41. The zero-order valence-electron chi connectivity index (χ0n) is 14.4. The number of amides is 1. The predicted molar refractivity (Wildman–Crippen MR) is 103 cm³/mol. The Kier molecular flexibility index (Phi) is 3.77. The van der Waals surface area contributed by atoms with Crippen LogP contribution in [-0.2, 0) is 4.79 Å². The maximum atomic E-state index is 11.2. The molecule has 1 heterocycles. The van der Waals surface area contributed by atoms with Crippen LogP contribution in [-0.4, -0.2) is 13.0 Å². The van der Waals surface area contributed by atoms with E-state index in [1.165, 1.54) is 35.0 Å². The molecule has 0 spiro atoms. The monoisotopic (exact) mass is 328 g/mol. The maximum Gasteiger partial charge on any atom is 0.221 e. The van der Waals surface area contributed by atoms with Gasteiger partial charge in [-0.3, -0.25) is 4.79 Å². The van der Waals surface area contributed by atoms with Crippen molar-refractivity contribution < 1.29 is 4.79 Å². The van der Waals surface area contributed by atoms with Crippen LogP contribution in [0.15, 0.2) is 72.8 Å². The summed E-state index contributed by atoms with van der Waals surface area (Å²) >= 11 is 0. The molecule has 0 unspecified atom stereocenters. The van der Waals surface area contributed by atoms with Gasteiger partial charge in [-0.15, -0.1) is 0 Å². The summed E-state index contributed by atoms with van der Waals surface area (Å²) in [6.07, 6.45) is 0. The minimum absolute atomic E-state index is 0.0530. The van der Waals surface area contributed by atoms with E-state index in [-0.39, 0.29) is 11.8 Å². The molecule has 0 fully saturated rings. The summed E-state index contributed by atoms with van der Waals surface area (Å²) in [5.74, 6) is 0.137. The summed E-state index contributed by atoms with van der Waals surface area (Å²) in [5.41, 5.74) is 7.12. The fourth-order valence-corrected chi connectivity index (χ4v) is 3.69. The first-order chi connectivity index (χ1) is 12.1. The lowest BCUT2D eigenvalue weighted by molar-refractivity contribution is -0.114. The van der Waals surface area contributed by atoms with E-state index in [2.05, 4.69) is 77.9 Å². The van der Waals surface area contributed by atoms with E-state index in [0.29, 0.717) is 0 Å². The second-order valence-corrected chi connectivity index (χ2v) is 6.41. The summed E-state index contributed by atoms with van der Waals surface area (Å²) < 4.78 is 0. The minimum atomic E-state index is -0.0530. The Balaban J connectivity index is 1.84. The molecule has 4 rings (SSSR count). The Bertz CT molecular complexity index is 883. The Hall–Kier alpha value is -3.07. The SMILES string of the molecule is CC(=O)Nc1ccc(C2c3ccccc3N(C)c3ccccc32)cc1. The molecule has 1 aliphatic heterocycles. The molecule has 3 aromatic rings. The molecule has 0 bridgehead atoms. The van der Waals surface area contributed by atoms with E-state index in [9.17, 15) is 4.79 Å². The van der Waals surface area contributed by atoms with Gasteiger partial charge in [0.25, 0.3) is 0 Å². The highest BCUT2D eigenvalue weighted by atomic mass is 16.1. The first kappa shape index (κ1) is 15.5. The van der Waals surface area contributed by atoms with Gasteiger partial charge in [-0.1, -0.05) is 48.5 Å². The average molecular weight is 328 g/mol. The largest absolute Gasteiger partial charge is 0.344 e. The molecular formula is C22H20N2O. The first-order valence-corrected chi connectivity index (χ1v) is 8.44. The van der Waals surface area contributed by atoms with Crippen LogP contribution in [0, 0.1) is 0 Å². The third-order valence-electron chi connectivity index (χ3n) is 4.78. The molecule has 0 atom stereocenters. The Morgan fingerprint density at radius 2 is 1.36 bits per heavy atom. The number of fused-ring (bicyclic) bond motifs is 2. The number of hydrogen-bond acceptors (Lipinski definition) is 2. The highest BCUT2D eigenvalue weighted by molar-refractivity contribution is 5.88. The van der Waals surface area contributed by atoms with Crippen molar-refractivity contribution in [1.82, 2.24) is 0 Å². The van der Waals surface area contributed by atoms with Gasteiger partial charge in [0.2, 0.25) is 5.91 Å². The van der Waals surface area contributed by atoms with E-state index in [1.807, 2.05) is 12.1 Å². The minimum Gasteiger partial charge on any atom is -0.344 e. The lowest BCUT2D eigenvalue weighted by atomic mass is 9.80. The molecule has 25 heavy (non-hydrogen) atoms. The summed E-state index contributed by atoms with van der Waals surface area (Å²) in [6.45, 7) is 1.53. The molecule has 3 heteroatoms. The molecule has 0 saturated carbocycles. The van der Waals surface area contributed by atoms with Crippen molar-refractivity contribution >= 4 is 23.0 Å². The number of anilines is 3. The normalized spacial score (nSPS) is 13.1. The highest BCUT2D eigenvalue weighted by Gasteiger charge is 2.29. The smallest absolute Gasteiger partial charge is 0.221 e. The van der Waals surface area contributed by atoms with Crippen molar-refractivity contribution in [1.29, 1.82) is 0 Å². The van der Waals surface area contributed by atoms with Gasteiger partial charge in [0.15, 0.2) is 0 Å². The standard InChI is InChI=1S/C22H20N2O/c1-15(25)23-17-13-11-16(12-14-17)22-18-7-3-5-9-20(18)24(2)21-10-6-4-8-19(21)22/h3-14,22H,1-2H3,(H,23,25). The van der Waals surface area contributed by atoms with Crippen LogP contribution in [0.4, 0.5) is 17.1 Å². The quantitative estimate of drug-likeness (QED) is 0.725. The highest BCUT2D eigenvalue weighted by Crippen LogP contribution is 2.47. The molecule has 1 aliphatic rings. The molecule has 3 aromatic carbocycles. The molecule has 3 nitrogen and oxygen atoms in total. The summed E-state index contributed by atoms with van der Waals surface area (Å²) in [5, 5.41) is 2.83.